The number of hydrogen-bond donors (Lipinski definition) is 2. The van der Waals surface area contributed by atoms with E-state index >= 15 is 0 Å². The molecular weight excluding hydrogens is 355 g/mol. The maximum atomic E-state index is 13.7. The summed E-state index contributed by atoms with van der Waals surface area (Å²) in [4.78, 5) is 37.1. The van der Waals surface area contributed by atoms with Gasteiger partial charge in [0.25, 0.3) is 17.5 Å². The number of benzene rings is 1. The first kappa shape index (κ1) is 19.5. The molecule has 1 aromatic carbocycles. The molecular formula is C16H18F3N3O4. The molecule has 0 spiro atoms. The lowest BCUT2D eigenvalue weighted by atomic mass is 10.1. The Kier molecular flexibility index (Phi) is 5.15. The molecule has 0 radical (unpaired) electrons. The Morgan fingerprint density at radius 1 is 1.35 bits per heavy atom. The van der Waals surface area contributed by atoms with E-state index in [4.69, 9.17) is 4.74 Å². The van der Waals surface area contributed by atoms with Crippen molar-refractivity contribution < 1.29 is 32.3 Å². The number of methoxy groups -OCH3 is 1. The van der Waals surface area contributed by atoms with Crippen LogP contribution in [0.1, 0.15) is 24.2 Å². The zero-order valence-corrected chi connectivity index (χ0v) is 14.3. The first-order chi connectivity index (χ1) is 12.0. The second-order valence-corrected chi connectivity index (χ2v) is 6.17. The Bertz CT molecular complexity index is 736. The lowest BCUT2D eigenvalue weighted by molar-refractivity contribution is -0.200. The average Bonchev–Trinajstić information content (AvgIpc) is 2.79. The highest BCUT2D eigenvalue weighted by Crippen LogP contribution is 2.34. The summed E-state index contributed by atoms with van der Waals surface area (Å²) in [7, 11) is 1.33. The van der Waals surface area contributed by atoms with E-state index < -0.39 is 29.7 Å². The smallest absolute Gasteiger partial charge is 0.440 e. The Balaban J connectivity index is 2.38. The van der Waals surface area contributed by atoms with Crippen molar-refractivity contribution in [1.29, 1.82) is 0 Å². The van der Waals surface area contributed by atoms with E-state index in [-0.39, 0.29) is 23.8 Å². The third kappa shape index (κ3) is 3.44. The Labute approximate surface area is 147 Å². The first-order valence-electron chi connectivity index (χ1n) is 7.69. The molecule has 1 aliphatic rings. The van der Waals surface area contributed by atoms with E-state index in [9.17, 15) is 27.6 Å². The molecule has 1 atom stereocenters. The van der Waals surface area contributed by atoms with Crippen molar-refractivity contribution in [2.24, 2.45) is 5.92 Å². The van der Waals surface area contributed by atoms with Crippen molar-refractivity contribution in [2.75, 3.05) is 13.7 Å². The van der Waals surface area contributed by atoms with Crippen LogP contribution in [0, 0.1) is 5.92 Å². The second kappa shape index (κ2) is 6.85. The third-order valence-corrected chi connectivity index (χ3v) is 3.71. The molecule has 2 rings (SSSR count). The van der Waals surface area contributed by atoms with E-state index in [1.54, 1.807) is 24.5 Å². The molecule has 1 fully saturated rings. The van der Waals surface area contributed by atoms with Crippen molar-refractivity contribution in [2.45, 2.75) is 25.7 Å². The quantitative estimate of drug-likeness (QED) is 0.772. The Morgan fingerprint density at radius 2 is 2.00 bits per heavy atom. The van der Waals surface area contributed by atoms with Gasteiger partial charge in [0.05, 0.1) is 7.11 Å². The van der Waals surface area contributed by atoms with Gasteiger partial charge in [-0.05, 0) is 24.1 Å². The van der Waals surface area contributed by atoms with Gasteiger partial charge < -0.3 is 10.1 Å². The number of nitrogens with zero attached hydrogens (tertiary/aromatic N) is 1. The van der Waals surface area contributed by atoms with Gasteiger partial charge in [-0.1, -0.05) is 19.9 Å². The highest BCUT2D eigenvalue weighted by atomic mass is 19.4. The van der Waals surface area contributed by atoms with E-state index in [2.05, 4.69) is 0 Å². The number of urea groups is 1. The van der Waals surface area contributed by atoms with Gasteiger partial charge in [-0.3, -0.25) is 19.8 Å². The summed E-state index contributed by atoms with van der Waals surface area (Å²) in [5.74, 6) is -2.74. The van der Waals surface area contributed by atoms with Crippen LogP contribution in [0.3, 0.4) is 0 Å². The van der Waals surface area contributed by atoms with Crippen LogP contribution in [0.4, 0.5) is 18.0 Å². The van der Waals surface area contributed by atoms with Crippen LogP contribution in [0.2, 0.25) is 0 Å². The Hall–Kier alpha value is -2.78. The minimum Gasteiger partial charge on any atom is -0.497 e. The fourth-order valence-corrected chi connectivity index (χ4v) is 2.46. The SMILES string of the molecule is COc1cccc(C(=O)NC2(C(F)(F)F)NC(=O)N(CC(C)C)C2=O)c1. The first-order valence-corrected chi connectivity index (χ1v) is 7.69. The molecule has 2 N–H and O–H groups in total. The predicted octanol–water partition coefficient (Wildman–Crippen LogP) is 1.89. The molecule has 26 heavy (non-hydrogen) atoms. The van der Waals surface area contributed by atoms with E-state index in [0.29, 0.717) is 4.90 Å². The van der Waals surface area contributed by atoms with E-state index in [1.807, 2.05) is 0 Å². The molecule has 0 bridgehead atoms. The van der Waals surface area contributed by atoms with Crippen LogP contribution in [0.25, 0.3) is 0 Å². The number of carbonyl (C=O) groups is 3. The van der Waals surface area contributed by atoms with Crippen LogP contribution >= 0.6 is 0 Å². The maximum Gasteiger partial charge on any atom is 0.440 e. The fraction of sp³-hybridized carbons (Fsp3) is 0.438. The minimum atomic E-state index is -5.24. The number of nitrogens with one attached hydrogen (secondary N) is 2. The standard InChI is InChI=1S/C16H18F3N3O4/c1-9(2)8-22-13(24)15(16(17,18)19,21-14(22)25)20-12(23)10-5-4-6-11(7-10)26-3/h4-7,9H,8H2,1-3H3,(H,20,23)(H,21,25). The molecule has 7 nitrogen and oxygen atoms in total. The summed E-state index contributed by atoms with van der Waals surface area (Å²) in [6.07, 6.45) is -5.24. The highest BCUT2D eigenvalue weighted by molar-refractivity contribution is 6.10. The third-order valence-electron chi connectivity index (χ3n) is 3.71. The number of imide groups is 1. The molecule has 0 aliphatic carbocycles. The van der Waals surface area contributed by atoms with Crippen LogP contribution in [-0.4, -0.2) is 48.2 Å². The van der Waals surface area contributed by atoms with Crippen molar-refractivity contribution in [3.8, 4) is 5.75 Å². The van der Waals surface area contributed by atoms with Crippen LogP contribution in [0.15, 0.2) is 24.3 Å². The molecule has 0 saturated carbocycles. The summed E-state index contributed by atoms with van der Waals surface area (Å²) >= 11 is 0. The molecule has 1 saturated heterocycles. The number of amides is 4. The van der Waals surface area contributed by atoms with Crippen LogP contribution < -0.4 is 15.4 Å². The summed E-state index contributed by atoms with van der Waals surface area (Å²) < 4.78 is 45.9. The van der Waals surface area contributed by atoms with Gasteiger partial charge in [0, 0.05) is 12.1 Å². The average molecular weight is 373 g/mol. The van der Waals surface area contributed by atoms with Crippen LogP contribution in [0.5, 0.6) is 5.75 Å². The number of alkyl halides is 3. The summed E-state index contributed by atoms with van der Waals surface area (Å²) in [6.45, 7) is 3.07. The summed E-state index contributed by atoms with van der Waals surface area (Å²) in [5, 5.41) is 3.23. The van der Waals surface area contributed by atoms with E-state index in [0.717, 1.165) is 0 Å². The molecule has 10 heteroatoms. The zero-order valence-electron chi connectivity index (χ0n) is 14.3. The molecule has 1 aliphatic heterocycles. The molecule has 0 aromatic heterocycles. The van der Waals surface area contributed by atoms with Gasteiger partial charge >= 0.3 is 12.2 Å². The highest BCUT2D eigenvalue weighted by Gasteiger charge is 2.68. The summed E-state index contributed by atoms with van der Waals surface area (Å²) in [6, 6.07) is 4.17. The number of halogens is 3. The van der Waals surface area contributed by atoms with Crippen molar-refractivity contribution in [3.05, 3.63) is 29.8 Å². The Morgan fingerprint density at radius 3 is 2.54 bits per heavy atom. The van der Waals surface area contributed by atoms with E-state index in [1.165, 1.54) is 31.4 Å². The number of ether oxygens (including phenoxy) is 1. The molecule has 4 amide bonds. The van der Waals surface area contributed by atoms with Gasteiger partial charge in [-0.15, -0.1) is 0 Å². The monoisotopic (exact) mass is 373 g/mol. The fourth-order valence-electron chi connectivity index (χ4n) is 2.46. The van der Waals surface area contributed by atoms with Crippen molar-refractivity contribution in [3.63, 3.8) is 0 Å². The topological polar surface area (TPSA) is 87.7 Å². The van der Waals surface area contributed by atoms with Crippen LogP contribution in [-0.2, 0) is 4.79 Å². The number of rotatable bonds is 5. The number of hydrogen-bond acceptors (Lipinski definition) is 4. The van der Waals surface area contributed by atoms with Gasteiger partial charge in [0.2, 0.25) is 0 Å². The normalized spacial score (nSPS) is 20.3. The van der Waals surface area contributed by atoms with Crippen molar-refractivity contribution >= 4 is 17.8 Å². The van der Waals surface area contributed by atoms with Gasteiger partial charge in [0.1, 0.15) is 5.75 Å². The lowest BCUT2D eigenvalue weighted by Crippen LogP contribution is -2.69. The molecule has 142 valence electrons. The van der Waals surface area contributed by atoms with Gasteiger partial charge in [-0.25, -0.2) is 4.79 Å². The molecule has 1 heterocycles. The lowest BCUT2D eigenvalue weighted by Gasteiger charge is -2.30. The zero-order chi connectivity index (χ0) is 19.7. The maximum absolute atomic E-state index is 13.7. The molecule has 1 aromatic rings. The largest absolute Gasteiger partial charge is 0.497 e. The second-order valence-electron chi connectivity index (χ2n) is 6.17. The van der Waals surface area contributed by atoms with Crippen molar-refractivity contribution in [1.82, 2.24) is 15.5 Å². The predicted molar refractivity (Wildman–Crippen MR) is 84.3 cm³/mol. The summed E-state index contributed by atoms with van der Waals surface area (Å²) in [5.41, 5.74) is -3.67. The van der Waals surface area contributed by atoms with Gasteiger partial charge in [0.15, 0.2) is 0 Å². The van der Waals surface area contributed by atoms with Gasteiger partial charge in [-0.2, -0.15) is 13.2 Å². The minimum absolute atomic E-state index is 0.155. The molecule has 1 unspecified atom stereocenters. The number of carbonyl (C=O) groups excluding carboxylic acids is 3.